The number of alkyl halides is 3. The second-order valence-corrected chi connectivity index (χ2v) is 7.54. The topological polar surface area (TPSA) is 89.0 Å². The van der Waals surface area contributed by atoms with Gasteiger partial charge in [0.25, 0.3) is 5.69 Å². The molecule has 178 valence electrons. The summed E-state index contributed by atoms with van der Waals surface area (Å²) in [6.45, 7) is 1.69. The van der Waals surface area contributed by atoms with E-state index in [0.29, 0.717) is 34.5 Å². The van der Waals surface area contributed by atoms with Gasteiger partial charge in [-0.2, -0.15) is 18.3 Å². The number of fused-ring (bicyclic) bond motifs is 1. The lowest BCUT2D eigenvalue weighted by atomic mass is 10.0. The van der Waals surface area contributed by atoms with E-state index in [2.05, 4.69) is 10.5 Å². The predicted octanol–water partition coefficient (Wildman–Crippen LogP) is 5.99. The molecule has 0 spiro atoms. The molecule has 0 aliphatic heterocycles. The van der Waals surface area contributed by atoms with E-state index >= 15 is 0 Å². The largest absolute Gasteiger partial charge is 0.416 e. The molecule has 0 saturated carbocycles. The van der Waals surface area contributed by atoms with E-state index in [1.54, 1.807) is 35.7 Å². The molecule has 4 aromatic rings. The van der Waals surface area contributed by atoms with Crippen molar-refractivity contribution in [2.45, 2.75) is 13.1 Å². The van der Waals surface area contributed by atoms with Crippen LogP contribution in [0.5, 0.6) is 0 Å². The van der Waals surface area contributed by atoms with E-state index in [1.165, 1.54) is 30.5 Å². The fourth-order valence-electron chi connectivity index (χ4n) is 3.66. The molecule has 11 heteroatoms. The number of aromatic nitrogens is 1. The molecule has 1 N–H and O–H groups in total. The second-order valence-electron chi connectivity index (χ2n) is 7.54. The highest BCUT2D eigenvalue weighted by Crippen LogP contribution is 2.35. The number of benzene rings is 2. The fourth-order valence-corrected chi connectivity index (χ4v) is 3.66. The Labute approximate surface area is 195 Å². The van der Waals surface area contributed by atoms with Gasteiger partial charge in [0.05, 0.1) is 27.9 Å². The molecular formula is C24H16F4N4O3. The monoisotopic (exact) mass is 484 g/mol. The smallest absolute Gasteiger partial charge is 0.313 e. The van der Waals surface area contributed by atoms with Crippen molar-refractivity contribution in [1.29, 1.82) is 0 Å². The number of halogens is 4. The van der Waals surface area contributed by atoms with Gasteiger partial charge in [-0.15, -0.1) is 0 Å². The zero-order valence-corrected chi connectivity index (χ0v) is 18.0. The van der Waals surface area contributed by atoms with Crippen LogP contribution in [0, 0.1) is 22.9 Å². The number of nitro groups is 1. The van der Waals surface area contributed by atoms with Gasteiger partial charge < -0.3 is 4.40 Å². The average Bonchev–Trinajstić information content (AvgIpc) is 3.09. The van der Waals surface area contributed by atoms with E-state index in [1.807, 2.05) is 0 Å². The van der Waals surface area contributed by atoms with Gasteiger partial charge in [0.2, 0.25) is 5.78 Å². The van der Waals surface area contributed by atoms with Gasteiger partial charge in [-0.25, -0.2) is 4.39 Å². The predicted molar refractivity (Wildman–Crippen MR) is 121 cm³/mol. The first kappa shape index (κ1) is 23.6. The third-order valence-corrected chi connectivity index (χ3v) is 5.36. The number of pyridine rings is 1. The van der Waals surface area contributed by atoms with Crippen molar-refractivity contribution < 1.29 is 27.3 Å². The summed E-state index contributed by atoms with van der Waals surface area (Å²) >= 11 is 0. The molecule has 0 aliphatic carbocycles. The highest BCUT2D eigenvalue weighted by Gasteiger charge is 2.33. The molecule has 2 aromatic heterocycles. The minimum Gasteiger partial charge on any atom is -0.313 e. The van der Waals surface area contributed by atoms with Gasteiger partial charge in [0.1, 0.15) is 11.5 Å². The zero-order chi connectivity index (χ0) is 25.3. The van der Waals surface area contributed by atoms with Crippen LogP contribution in [0.15, 0.2) is 72.0 Å². The number of rotatable bonds is 6. The van der Waals surface area contributed by atoms with Gasteiger partial charge >= 0.3 is 6.18 Å². The van der Waals surface area contributed by atoms with Crippen LogP contribution in [-0.2, 0) is 6.18 Å². The van der Waals surface area contributed by atoms with Crippen LogP contribution >= 0.6 is 0 Å². The molecule has 0 radical (unpaired) electrons. The number of nitro benzene ring substituents is 1. The molecule has 2 heterocycles. The lowest BCUT2D eigenvalue weighted by molar-refractivity contribution is -0.384. The minimum absolute atomic E-state index is 0.233. The summed E-state index contributed by atoms with van der Waals surface area (Å²) in [6, 6.07) is 12.4. The molecule has 0 unspecified atom stereocenters. The highest BCUT2D eigenvalue weighted by atomic mass is 19.4. The Balaban J connectivity index is 1.71. The lowest BCUT2D eigenvalue weighted by Gasteiger charge is -2.08. The normalized spacial score (nSPS) is 11.8. The molecule has 35 heavy (non-hydrogen) atoms. The Bertz CT molecular complexity index is 1470. The number of anilines is 1. The van der Waals surface area contributed by atoms with Crippen LogP contribution in [0.4, 0.5) is 28.9 Å². The third kappa shape index (κ3) is 4.60. The third-order valence-electron chi connectivity index (χ3n) is 5.36. The standard InChI is InChI=1S/C24H16F4N4O3/c1-14-18(13-29-30-19-10-7-16(24(26,27)28)12-21(19)32(34)35)20-4-2-3-11-31(20)22(14)23(33)15-5-8-17(25)9-6-15/h2-13,30H,1H3/b29-13-. The van der Waals surface area contributed by atoms with Gasteiger partial charge in [0, 0.05) is 23.4 Å². The zero-order valence-electron chi connectivity index (χ0n) is 18.0. The molecule has 0 saturated heterocycles. The Kier molecular flexibility index (Phi) is 6.08. The summed E-state index contributed by atoms with van der Waals surface area (Å²) in [7, 11) is 0. The van der Waals surface area contributed by atoms with Crippen molar-refractivity contribution >= 4 is 28.9 Å². The van der Waals surface area contributed by atoms with E-state index in [0.717, 1.165) is 6.07 Å². The van der Waals surface area contributed by atoms with Crippen molar-refractivity contribution in [2.75, 3.05) is 5.43 Å². The molecule has 7 nitrogen and oxygen atoms in total. The maximum Gasteiger partial charge on any atom is 0.416 e. The van der Waals surface area contributed by atoms with Gasteiger partial charge in [-0.1, -0.05) is 6.07 Å². The Morgan fingerprint density at radius 1 is 1.11 bits per heavy atom. The maximum atomic E-state index is 13.3. The van der Waals surface area contributed by atoms with Gasteiger partial charge in [0.15, 0.2) is 0 Å². The summed E-state index contributed by atoms with van der Waals surface area (Å²) in [4.78, 5) is 23.5. The van der Waals surface area contributed by atoms with Crippen molar-refractivity contribution in [1.82, 2.24) is 4.40 Å². The van der Waals surface area contributed by atoms with E-state index in [9.17, 15) is 32.5 Å². The molecule has 0 atom stereocenters. The van der Waals surface area contributed by atoms with Gasteiger partial charge in [-0.05, 0) is 61.0 Å². The van der Waals surface area contributed by atoms with Crippen molar-refractivity contribution in [3.05, 3.63) is 111 Å². The van der Waals surface area contributed by atoms with Crippen LogP contribution < -0.4 is 5.43 Å². The van der Waals surface area contributed by atoms with E-state index in [4.69, 9.17) is 0 Å². The summed E-state index contributed by atoms with van der Waals surface area (Å²) < 4.78 is 53.7. The Hall–Kier alpha value is -4.54. The lowest BCUT2D eigenvalue weighted by Crippen LogP contribution is -2.07. The maximum absolute atomic E-state index is 13.3. The number of ketones is 1. The quantitative estimate of drug-likeness (QED) is 0.120. The molecule has 2 aromatic carbocycles. The molecule has 0 fully saturated rings. The van der Waals surface area contributed by atoms with Crippen LogP contribution in [0.1, 0.15) is 32.7 Å². The SMILES string of the molecule is Cc1c(/C=N\Nc2ccc(C(F)(F)F)cc2[N+](=O)[O-])c2ccccn2c1C(=O)c1ccc(F)cc1. The van der Waals surface area contributed by atoms with Crippen molar-refractivity contribution in [3.63, 3.8) is 0 Å². The molecule has 0 bridgehead atoms. The van der Waals surface area contributed by atoms with Crippen LogP contribution in [-0.4, -0.2) is 21.3 Å². The van der Waals surface area contributed by atoms with Crippen LogP contribution in [0.3, 0.4) is 0 Å². The molecular weight excluding hydrogens is 468 g/mol. The number of nitrogens with zero attached hydrogens (tertiary/aromatic N) is 3. The van der Waals surface area contributed by atoms with E-state index in [-0.39, 0.29) is 17.0 Å². The van der Waals surface area contributed by atoms with Crippen LogP contribution in [0.2, 0.25) is 0 Å². The summed E-state index contributed by atoms with van der Waals surface area (Å²) in [5.41, 5.74) is 2.48. The fraction of sp³-hybridized carbons (Fsp3) is 0.0833. The Morgan fingerprint density at radius 3 is 2.49 bits per heavy atom. The van der Waals surface area contributed by atoms with Crippen molar-refractivity contribution in [2.24, 2.45) is 5.10 Å². The average molecular weight is 484 g/mol. The molecule has 0 amide bonds. The summed E-state index contributed by atoms with van der Waals surface area (Å²) in [5.74, 6) is -0.829. The number of carbonyl (C=O) groups excluding carboxylic acids is 1. The summed E-state index contributed by atoms with van der Waals surface area (Å²) in [5, 5.41) is 15.3. The first-order valence-electron chi connectivity index (χ1n) is 10.1. The molecule has 4 rings (SSSR count). The first-order chi connectivity index (χ1) is 16.6. The highest BCUT2D eigenvalue weighted by molar-refractivity contribution is 6.12. The number of hydrogen-bond acceptors (Lipinski definition) is 5. The number of hydrogen-bond donors (Lipinski definition) is 1. The minimum atomic E-state index is -4.73. The second kappa shape index (κ2) is 9.01. The number of nitrogens with one attached hydrogen (secondary N) is 1. The summed E-state index contributed by atoms with van der Waals surface area (Å²) in [6.07, 6.45) is -1.74. The number of hydrazone groups is 1. The van der Waals surface area contributed by atoms with E-state index < -0.39 is 28.2 Å². The molecule has 0 aliphatic rings. The Morgan fingerprint density at radius 2 is 1.83 bits per heavy atom. The van der Waals surface area contributed by atoms with Crippen LogP contribution in [0.25, 0.3) is 5.52 Å². The first-order valence-corrected chi connectivity index (χ1v) is 10.1. The number of carbonyl (C=O) groups is 1. The van der Waals surface area contributed by atoms with Gasteiger partial charge in [-0.3, -0.25) is 20.3 Å². The van der Waals surface area contributed by atoms with Crippen molar-refractivity contribution in [3.8, 4) is 0 Å².